The van der Waals surface area contributed by atoms with Crippen LogP contribution >= 0.6 is 22.9 Å². The lowest BCUT2D eigenvalue weighted by molar-refractivity contribution is -0.125. The molecule has 2 aliphatic rings. The van der Waals surface area contributed by atoms with E-state index in [1.54, 1.807) is 21.9 Å². The van der Waals surface area contributed by atoms with Crippen LogP contribution in [0, 0.1) is 12.8 Å². The topological polar surface area (TPSA) is 79.0 Å². The summed E-state index contributed by atoms with van der Waals surface area (Å²) in [5.41, 5.74) is 3.65. The summed E-state index contributed by atoms with van der Waals surface area (Å²) < 4.78 is 5.55. The number of hydrogen-bond acceptors (Lipinski definition) is 5. The highest BCUT2D eigenvalue weighted by molar-refractivity contribution is 7.12. The normalized spacial score (nSPS) is 21.7. The number of aryl methyl sites for hydroxylation is 1. The molecule has 226 valence electrons. The SMILES string of the molecule is Cc1ccc(CNC(=O)C2C(c3ccc(Cl)cc3)C(C(=O)c3cccs3)C(c3ccccc3)N2C(=O)N2CCOCC2)cc1. The molecule has 4 unspecified atom stereocenters. The van der Waals surface area contributed by atoms with E-state index >= 15 is 0 Å². The van der Waals surface area contributed by atoms with Crippen LogP contribution in [-0.4, -0.2) is 59.9 Å². The second-order valence-electron chi connectivity index (χ2n) is 11.2. The molecule has 2 saturated heterocycles. The number of nitrogens with zero attached hydrogens (tertiary/aromatic N) is 2. The highest BCUT2D eigenvalue weighted by atomic mass is 35.5. The minimum absolute atomic E-state index is 0.0950. The summed E-state index contributed by atoms with van der Waals surface area (Å²) in [5.74, 6) is -1.76. The fourth-order valence-electron chi connectivity index (χ4n) is 6.34. The molecule has 2 aliphatic heterocycles. The van der Waals surface area contributed by atoms with Crippen LogP contribution in [-0.2, 0) is 16.1 Å². The van der Waals surface area contributed by atoms with Crippen LogP contribution in [0.25, 0.3) is 0 Å². The Hall–Kier alpha value is -3.98. The first-order chi connectivity index (χ1) is 21.4. The Balaban J connectivity index is 1.50. The third kappa shape index (κ3) is 6.15. The first kappa shape index (κ1) is 30.1. The standard InChI is InChI=1S/C35H34ClN3O4S/c1-23-9-11-24(12-10-23)22-37-34(41)32-29(25-13-15-27(36)16-14-25)30(33(40)28-8-5-21-44-28)31(26-6-3-2-4-7-26)39(32)35(42)38-17-19-43-20-18-38/h2-16,21,29-32H,17-20,22H2,1H3,(H,37,41). The van der Waals surface area contributed by atoms with Gasteiger partial charge < -0.3 is 19.9 Å². The van der Waals surface area contributed by atoms with Crippen molar-refractivity contribution in [2.75, 3.05) is 26.3 Å². The van der Waals surface area contributed by atoms with Crippen molar-refractivity contribution in [1.82, 2.24) is 15.1 Å². The molecule has 0 aliphatic carbocycles. The number of ether oxygens (including phenoxy) is 1. The first-order valence-electron chi connectivity index (χ1n) is 14.8. The molecule has 4 atom stereocenters. The number of halogens is 1. The van der Waals surface area contributed by atoms with Gasteiger partial charge in [0.05, 0.1) is 30.1 Å². The number of amides is 3. The molecule has 0 bridgehead atoms. The monoisotopic (exact) mass is 627 g/mol. The van der Waals surface area contributed by atoms with Gasteiger partial charge in [-0.1, -0.05) is 90.0 Å². The molecule has 6 rings (SSSR count). The van der Waals surface area contributed by atoms with E-state index in [0.717, 1.165) is 22.3 Å². The van der Waals surface area contributed by atoms with Gasteiger partial charge in [0.2, 0.25) is 5.91 Å². The van der Waals surface area contributed by atoms with Crippen LogP contribution in [0.15, 0.2) is 96.4 Å². The minimum Gasteiger partial charge on any atom is -0.378 e. The number of Topliss-reactive ketones (excluding diaryl/α,β-unsaturated/α-hetero) is 1. The van der Waals surface area contributed by atoms with Gasteiger partial charge in [-0.3, -0.25) is 9.59 Å². The van der Waals surface area contributed by atoms with Crippen molar-refractivity contribution in [3.8, 4) is 0 Å². The largest absolute Gasteiger partial charge is 0.378 e. The second kappa shape index (κ2) is 13.3. The van der Waals surface area contributed by atoms with E-state index in [2.05, 4.69) is 5.32 Å². The number of carbonyl (C=O) groups is 3. The number of hydrogen-bond donors (Lipinski definition) is 1. The Morgan fingerprint density at radius 3 is 2.25 bits per heavy atom. The third-order valence-electron chi connectivity index (χ3n) is 8.49. The van der Waals surface area contributed by atoms with Gasteiger partial charge in [-0.25, -0.2) is 4.79 Å². The van der Waals surface area contributed by atoms with E-state index in [-0.39, 0.29) is 17.7 Å². The number of rotatable bonds is 7. The number of morpholine rings is 1. The maximum absolute atomic E-state index is 14.6. The van der Waals surface area contributed by atoms with Crippen LogP contribution < -0.4 is 5.32 Å². The lowest BCUT2D eigenvalue weighted by Crippen LogP contribution is -2.54. The maximum atomic E-state index is 14.6. The Morgan fingerprint density at radius 2 is 1.59 bits per heavy atom. The predicted molar refractivity (Wildman–Crippen MR) is 172 cm³/mol. The predicted octanol–water partition coefficient (Wildman–Crippen LogP) is 6.49. The molecule has 3 heterocycles. The second-order valence-corrected chi connectivity index (χ2v) is 12.6. The summed E-state index contributed by atoms with van der Waals surface area (Å²) in [6.45, 7) is 3.95. The summed E-state index contributed by atoms with van der Waals surface area (Å²) >= 11 is 7.67. The molecule has 3 aromatic carbocycles. The maximum Gasteiger partial charge on any atom is 0.321 e. The van der Waals surface area contributed by atoms with Crippen LogP contribution in [0.4, 0.5) is 4.79 Å². The van der Waals surface area contributed by atoms with E-state index in [4.69, 9.17) is 16.3 Å². The molecule has 7 nitrogen and oxygen atoms in total. The first-order valence-corrected chi connectivity index (χ1v) is 16.0. The van der Waals surface area contributed by atoms with Crippen molar-refractivity contribution in [3.63, 3.8) is 0 Å². The van der Waals surface area contributed by atoms with Crippen molar-refractivity contribution in [2.24, 2.45) is 5.92 Å². The zero-order valence-electron chi connectivity index (χ0n) is 24.4. The number of likely N-dealkylation sites (tertiary alicyclic amines) is 1. The van der Waals surface area contributed by atoms with Gasteiger partial charge in [0, 0.05) is 30.6 Å². The lowest BCUT2D eigenvalue weighted by atomic mass is 9.77. The third-order valence-corrected chi connectivity index (χ3v) is 9.62. The highest BCUT2D eigenvalue weighted by Gasteiger charge is 2.58. The van der Waals surface area contributed by atoms with Crippen LogP contribution in [0.1, 0.15) is 43.9 Å². The smallest absolute Gasteiger partial charge is 0.321 e. The number of carbonyl (C=O) groups excluding carboxylic acids is 3. The molecular formula is C35H34ClN3O4S. The van der Waals surface area contributed by atoms with E-state index in [1.165, 1.54) is 11.3 Å². The molecule has 0 spiro atoms. The molecule has 0 saturated carbocycles. The number of urea groups is 1. The van der Waals surface area contributed by atoms with Gasteiger partial charge in [0.25, 0.3) is 0 Å². The van der Waals surface area contributed by atoms with Gasteiger partial charge in [0.1, 0.15) is 6.04 Å². The van der Waals surface area contributed by atoms with E-state index in [9.17, 15) is 14.4 Å². The van der Waals surface area contributed by atoms with Crippen molar-refractivity contribution < 1.29 is 19.1 Å². The van der Waals surface area contributed by atoms with Crippen LogP contribution in [0.5, 0.6) is 0 Å². The summed E-state index contributed by atoms with van der Waals surface area (Å²) in [4.78, 5) is 47.6. The van der Waals surface area contributed by atoms with Gasteiger partial charge in [-0.2, -0.15) is 0 Å². The molecule has 4 aromatic rings. The van der Waals surface area contributed by atoms with Crippen molar-refractivity contribution in [1.29, 1.82) is 0 Å². The number of nitrogens with one attached hydrogen (secondary N) is 1. The lowest BCUT2D eigenvalue weighted by Gasteiger charge is -2.37. The Labute approximate surface area is 266 Å². The van der Waals surface area contributed by atoms with E-state index in [1.807, 2.05) is 91.2 Å². The van der Waals surface area contributed by atoms with Crippen molar-refractivity contribution in [2.45, 2.75) is 31.5 Å². The Morgan fingerprint density at radius 1 is 0.886 bits per heavy atom. The molecule has 0 radical (unpaired) electrons. The molecule has 9 heteroatoms. The van der Waals surface area contributed by atoms with E-state index < -0.39 is 23.9 Å². The van der Waals surface area contributed by atoms with Crippen LogP contribution in [0.2, 0.25) is 5.02 Å². The summed E-state index contributed by atoms with van der Waals surface area (Å²) in [5, 5.41) is 5.54. The Bertz CT molecular complexity index is 1590. The van der Waals surface area contributed by atoms with Gasteiger partial charge in [-0.15, -0.1) is 11.3 Å². The molecule has 2 fully saturated rings. The van der Waals surface area contributed by atoms with Gasteiger partial charge >= 0.3 is 6.03 Å². The fourth-order valence-corrected chi connectivity index (χ4v) is 7.18. The molecule has 3 amide bonds. The summed E-state index contributed by atoms with van der Waals surface area (Å²) in [7, 11) is 0. The number of thiophene rings is 1. The molecule has 1 N–H and O–H groups in total. The highest BCUT2D eigenvalue weighted by Crippen LogP contribution is 2.52. The molecule has 44 heavy (non-hydrogen) atoms. The summed E-state index contributed by atoms with van der Waals surface area (Å²) in [6, 6.07) is 26.6. The van der Waals surface area contributed by atoms with Gasteiger partial charge in [0.15, 0.2) is 5.78 Å². The fraction of sp³-hybridized carbons (Fsp3) is 0.286. The Kier molecular flexibility index (Phi) is 9.12. The minimum atomic E-state index is -0.962. The van der Waals surface area contributed by atoms with Crippen molar-refractivity contribution >= 4 is 40.7 Å². The average Bonchev–Trinajstić information content (AvgIpc) is 3.72. The number of ketones is 1. The quantitative estimate of drug-likeness (QED) is 0.238. The molecular weight excluding hydrogens is 594 g/mol. The average molecular weight is 628 g/mol. The number of benzene rings is 3. The summed E-state index contributed by atoms with van der Waals surface area (Å²) in [6.07, 6.45) is 0. The van der Waals surface area contributed by atoms with E-state index in [0.29, 0.717) is 42.7 Å². The zero-order valence-corrected chi connectivity index (χ0v) is 26.0. The van der Waals surface area contributed by atoms with Crippen LogP contribution in [0.3, 0.4) is 0 Å². The van der Waals surface area contributed by atoms with Crippen molar-refractivity contribution in [3.05, 3.63) is 129 Å². The molecule has 1 aromatic heterocycles. The zero-order chi connectivity index (χ0) is 30.6. The van der Waals surface area contributed by atoms with Gasteiger partial charge in [-0.05, 0) is 47.2 Å².